The summed E-state index contributed by atoms with van der Waals surface area (Å²) >= 11 is 1.25. The van der Waals surface area contributed by atoms with Gasteiger partial charge in [-0.2, -0.15) is 0 Å². The highest BCUT2D eigenvalue weighted by Crippen LogP contribution is 2.19. The number of hydrogen-bond donors (Lipinski definition) is 1. The topological polar surface area (TPSA) is 75.3 Å². The van der Waals surface area contributed by atoms with Crippen LogP contribution in [0.25, 0.3) is 11.3 Å². The fourth-order valence-corrected chi connectivity index (χ4v) is 3.64. The summed E-state index contributed by atoms with van der Waals surface area (Å²) in [6.45, 7) is 5.12. The van der Waals surface area contributed by atoms with E-state index in [0.29, 0.717) is 23.9 Å². The van der Waals surface area contributed by atoms with Crippen molar-refractivity contribution >= 4 is 17.7 Å². The Hall–Kier alpha value is -2.12. The van der Waals surface area contributed by atoms with E-state index >= 15 is 0 Å². The van der Waals surface area contributed by atoms with E-state index in [1.54, 1.807) is 0 Å². The van der Waals surface area contributed by atoms with Gasteiger partial charge in [0.1, 0.15) is 0 Å². The van der Waals surface area contributed by atoms with Gasteiger partial charge in [0.2, 0.25) is 5.91 Å². The van der Waals surface area contributed by atoms with Crippen LogP contribution in [0, 0.1) is 0 Å². The summed E-state index contributed by atoms with van der Waals surface area (Å²) < 4.78 is 5.65. The first-order valence-corrected chi connectivity index (χ1v) is 9.22. The number of rotatable bonds is 4. The summed E-state index contributed by atoms with van der Waals surface area (Å²) in [6, 6.07) is 11.0. The van der Waals surface area contributed by atoms with Crippen LogP contribution in [0.1, 0.15) is 13.8 Å². The number of carbonyl (C=O) groups is 1. The van der Waals surface area contributed by atoms with Gasteiger partial charge in [-0.15, -0.1) is 0 Å². The molecule has 6 nitrogen and oxygen atoms in total. The third kappa shape index (κ3) is 4.70. The van der Waals surface area contributed by atoms with E-state index in [1.807, 2.05) is 49.1 Å². The first-order chi connectivity index (χ1) is 12.0. The van der Waals surface area contributed by atoms with Crippen molar-refractivity contribution in [2.24, 2.45) is 0 Å². The van der Waals surface area contributed by atoms with Gasteiger partial charge in [0, 0.05) is 24.7 Å². The van der Waals surface area contributed by atoms with Gasteiger partial charge in [0.05, 0.1) is 23.7 Å². The second-order valence-corrected chi connectivity index (χ2v) is 7.11. The molecular weight excluding hydrogens is 338 g/mol. The zero-order valence-corrected chi connectivity index (χ0v) is 15.1. The minimum atomic E-state index is -0.225. The minimum absolute atomic E-state index is 0.0276. The Kier molecular flexibility index (Phi) is 5.55. The van der Waals surface area contributed by atoms with E-state index in [2.05, 4.69) is 9.97 Å². The van der Waals surface area contributed by atoms with Crippen LogP contribution in [0.4, 0.5) is 0 Å². The molecule has 1 amide bonds. The highest BCUT2D eigenvalue weighted by molar-refractivity contribution is 7.99. The molecule has 1 aromatic heterocycles. The normalized spacial score (nSPS) is 20.5. The van der Waals surface area contributed by atoms with Crippen LogP contribution in [-0.4, -0.2) is 51.8 Å². The van der Waals surface area contributed by atoms with Crippen molar-refractivity contribution in [2.75, 3.05) is 18.8 Å². The van der Waals surface area contributed by atoms with E-state index in [9.17, 15) is 9.59 Å². The number of aromatic amines is 1. The lowest BCUT2D eigenvalue weighted by Crippen LogP contribution is -2.48. The van der Waals surface area contributed by atoms with Crippen LogP contribution in [-0.2, 0) is 9.53 Å². The standard InChI is InChI=1S/C18H21N3O3S/c1-12-9-21(10-13(2)24-12)17(23)11-25-18-19-15(8-16(22)20-18)14-6-4-3-5-7-14/h3-8,12-13H,9-11H2,1-2H3,(H,19,20,22)/t12-,13-/m0/s1. The van der Waals surface area contributed by atoms with Crippen molar-refractivity contribution in [2.45, 2.75) is 31.2 Å². The minimum Gasteiger partial charge on any atom is -0.372 e. The van der Waals surface area contributed by atoms with Crippen molar-refractivity contribution in [3.05, 3.63) is 46.8 Å². The third-order valence-corrected chi connectivity index (χ3v) is 4.75. The summed E-state index contributed by atoms with van der Waals surface area (Å²) in [6.07, 6.45) is 0.0779. The van der Waals surface area contributed by atoms with Crippen LogP contribution < -0.4 is 5.56 Å². The molecule has 2 atom stereocenters. The lowest BCUT2D eigenvalue weighted by atomic mass is 10.1. The number of thioether (sulfide) groups is 1. The summed E-state index contributed by atoms with van der Waals surface area (Å²) in [7, 11) is 0. The Morgan fingerprint density at radius 2 is 1.96 bits per heavy atom. The summed E-state index contributed by atoms with van der Waals surface area (Å²) in [5.41, 5.74) is 1.25. The number of morpholine rings is 1. The molecule has 1 aliphatic heterocycles. The van der Waals surface area contributed by atoms with Gasteiger partial charge in [0.25, 0.3) is 5.56 Å². The number of amides is 1. The molecule has 0 unspecified atom stereocenters. The number of ether oxygens (including phenoxy) is 1. The van der Waals surface area contributed by atoms with Gasteiger partial charge < -0.3 is 14.6 Å². The number of carbonyl (C=O) groups excluding carboxylic acids is 1. The van der Waals surface area contributed by atoms with E-state index in [-0.39, 0.29) is 29.4 Å². The van der Waals surface area contributed by atoms with Gasteiger partial charge in [-0.1, -0.05) is 42.1 Å². The first kappa shape index (κ1) is 17.7. The molecule has 0 radical (unpaired) electrons. The van der Waals surface area contributed by atoms with Gasteiger partial charge in [-0.05, 0) is 13.8 Å². The number of nitrogens with zero attached hydrogens (tertiary/aromatic N) is 2. The number of H-pyrrole nitrogens is 1. The van der Waals surface area contributed by atoms with Crippen molar-refractivity contribution in [3.63, 3.8) is 0 Å². The number of hydrogen-bond acceptors (Lipinski definition) is 5. The van der Waals surface area contributed by atoms with Crippen LogP contribution in [0.3, 0.4) is 0 Å². The number of nitrogens with one attached hydrogen (secondary N) is 1. The molecular formula is C18H21N3O3S. The maximum Gasteiger partial charge on any atom is 0.252 e. The second-order valence-electron chi connectivity index (χ2n) is 6.15. The Bertz CT molecular complexity index is 784. The maximum atomic E-state index is 12.4. The van der Waals surface area contributed by atoms with Crippen molar-refractivity contribution in [1.82, 2.24) is 14.9 Å². The van der Waals surface area contributed by atoms with Crippen LogP contribution in [0.5, 0.6) is 0 Å². The third-order valence-electron chi connectivity index (χ3n) is 3.89. The molecule has 25 heavy (non-hydrogen) atoms. The highest BCUT2D eigenvalue weighted by atomic mass is 32.2. The molecule has 0 aliphatic carbocycles. The molecule has 1 aromatic carbocycles. The number of benzene rings is 1. The molecule has 3 rings (SSSR count). The number of aromatic nitrogens is 2. The van der Waals surface area contributed by atoms with Gasteiger partial charge in [0.15, 0.2) is 5.16 Å². The van der Waals surface area contributed by atoms with Crippen LogP contribution in [0.2, 0.25) is 0 Å². The van der Waals surface area contributed by atoms with E-state index in [0.717, 1.165) is 5.56 Å². The Morgan fingerprint density at radius 1 is 1.28 bits per heavy atom. The van der Waals surface area contributed by atoms with Crippen molar-refractivity contribution in [1.29, 1.82) is 0 Å². The summed E-state index contributed by atoms with van der Waals surface area (Å²) in [5, 5.41) is 0.453. The SMILES string of the molecule is C[C@H]1CN(C(=O)CSc2nc(-c3ccccc3)cc(=O)[nH]2)C[C@H](C)O1. The van der Waals surface area contributed by atoms with Crippen molar-refractivity contribution < 1.29 is 9.53 Å². The molecule has 1 N–H and O–H groups in total. The molecule has 1 fully saturated rings. The molecule has 1 saturated heterocycles. The zero-order valence-electron chi connectivity index (χ0n) is 14.3. The largest absolute Gasteiger partial charge is 0.372 e. The summed E-state index contributed by atoms with van der Waals surface area (Å²) in [5.74, 6) is 0.264. The van der Waals surface area contributed by atoms with E-state index in [1.165, 1.54) is 17.8 Å². The lowest BCUT2D eigenvalue weighted by molar-refractivity contribution is -0.140. The molecule has 0 saturated carbocycles. The smallest absolute Gasteiger partial charge is 0.252 e. The molecule has 2 aromatic rings. The fraction of sp³-hybridized carbons (Fsp3) is 0.389. The van der Waals surface area contributed by atoms with Crippen LogP contribution in [0.15, 0.2) is 46.3 Å². The maximum absolute atomic E-state index is 12.4. The van der Waals surface area contributed by atoms with E-state index in [4.69, 9.17) is 4.74 Å². The fourth-order valence-electron chi connectivity index (χ4n) is 2.86. The van der Waals surface area contributed by atoms with Crippen molar-refractivity contribution in [3.8, 4) is 11.3 Å². The predicted octanol–water partition coefficient (Wildman–Crippen LogP) is 2.16. The summed E-state index contributed by atoms with van der Waals surface area (Å²) in [4.78, 5) is 33.3. The first-order valence-electron chi connectivity index (χ1n) is 8.24. The Morgan fingerprint density at radius 3 is 2.64 bits per heavy atom. The predicted molar refractivity (Wildman–Crippen MR) is 97.6 cm³/mol. The van der Waals surface area contributed by atoms with E-state index < -0.39 is 0 Å². The zero-order chi connectivity index (χ0) is 17.8. The van der Waals surface area contributed by atoms with Gasteiger partial charge >= 0.3 is 0 Å². The molecule has 132 valence electrons. The monoisotopic (exact) mass is 359 g/mol. The van der Waals surface area contributed by atoms with Gasteiger partial charge in [-0.3, -0.25) is 9.59 Å². The quantitative estimate of drug-likeness (QED) is 0.669. The molecule has 0 spiro atoms. The molecule has 0 bridgehead atoms. The average Bonchev–Trinajstić information content (AvgIpc) is 2.59. The molecule has 1 aliphatic rings. The average molecular weight is 359 g/mol. The lowest BCUT2D eigenvalue weighted by Gasteiger charge is -2.35. The highest BCUT2D eigenvalue weighted by Gasteiger charge is 2.25. The van der Waals surface area contributed by atoms with Crippen LogP contribution >= 0.6 is 11.8 Å². The van der Waals surface area contributed by atoms with Gasteiger partial charge in [-0.25, -0.2) is 4.98 Å². The molecule has 7 heteroatoms. The second kappa shape index (κ2) is 7.84. The Labute approximate surface area is 150 Å². The molecule has 2 heterocycles. The Balaban J connectivity index is 1.68.